The highest BCUT2D eigenvalue weighted by molar-refractivity contribution is 6.30. The number of hydrogen-bond acceptors (Lipinski definition) is 8. The molecule has 11 heteroatoms. The quantitative estimate of drug-likeness (QED) is 0.396. The average Bonchev–Trinajstić information content (AvgIpc) is 2.85. The summed E-state index contributed by atoms with van der Waals surface area (Å²) in [6, 6.07) is 10.6. The van der Waals surface area contributed by atoms with Gasteiger partial charge in [0.2, 0.25) is 11.7 Å². The SMILES string of the molecule is COc1cc(C(=O)N2CCN(c3ncccn3)CC2)ccc1Oc1ccc(Cl)cc1[N+](=O)[O-]. The Morgan fingerprint density at radius 1 is 1.03 bits per heavy atom. The molecule has 2 aromatic carbocycles. The van der Waals surface area contributed by atoms with E-state index in [0.717, 1.165) is 0 Å². The Bertz CT molecular complexity index is 1170. The van der Waals surface area contributed by atoms with Gasteiger partial charge in [0, 0.05) is 55.2 Å². The lowest BCUT2D eigenvalue weighted by Gasteiger charge is -2.34. The molecule has 33 heavy (non-hydrogen) atoms. The molecule has 0 bridgehead atoms. The molecule has 0 saturated carbocycles. The van der Waals surface area contributed by atoms with Crippen molar-refractivity contribution in [2.75, 3.05) is 38.2 Å². The molecule has 0 radical (unpaired) electrons. The van der Waals surface area contributed by atoms with Gasteiger partial charge < -0.3 is 19.3 Å². The van der Waals surface area contributed by atoms with Crippen LogP contribution in [0.3, 0.4) is 0 Å². The fourth-order valence-electron chi connectivity index (χ4n) is 3.47. The zero-order valence-corrected chi connectivity index (χ0v) is 18.4. The summed E-state index contributed by atoms with van der Waals surface area (Å²) < 4.78 is 11.1. The maximum atomic E-state index is 13.0. The molecular weight excluding hydrogens is 450 g/mol. The van der Waals surface area contributed by atoms with Gasteiger partial charge in [-0.3, -0.25) is 14.9 Å². The largest absolute Gasteiger partial charge is 0.493 e. The molecule has 1 fully saturated rings. The summed E-state index contributed by atoms with van der Waals surface area (Å²) >= 11 is 5.86. The average molecular weight is 470 g/mol. The number of amides is 1. The molecule has 4 rings (SSSR count). The van der Waals surface area contributed by atoms with E-state index in [-0.39, 0.29) is 33.9 Å². The van der Waals surface area contributed by atoms with Crippen molar-refractivity contribution in [1.82, 2.24) is 14.9 Å². The number of carbonyl (C=O) groups is 1. The lowest BCUT2D eigenvalue weighted by Crippen LogP contribution is -2.49. The first kappa shape index (κ1) is 22.3. The molecule has 10 nitrogen and oxygen atoms in total. The summed E-state index contributed by atoms with van der Waals surface area (Å²) in [6.07, 6.45) is 3.38. The highest BCUT2D eigenvalue weighted by Crippen LogP contribution is 2.38. The highest BCUT2D eigenvalue weighted by atomic mass is 35.5. The van der Waals surface area contributed by atoms with E-state index in [0.29, 0.717) is 37.7 Å². The van der Waals surface area contributed by atoms with E-state index >= 15 is 0 Å². The smallest absolute Gasteiger partial charge is 0.313 e. The minimum Gasteiger partial charge on any atom is -0.493 e. The van der Waals surface area contributed by atoms with Gasteiger partial charge in [-0.25, -0.2) is 9.97 Å². The number of nitro benzene ring substituents is 1. The van der Waals surface area contributed by atoms with Crippen LogP contribution >= 0.6 is 11.6 Å². The summed E-state index contributed by atoms with van der Waals surface area (Å²) in [7, 11) is 1.44. The number of hydrogen-bond donors (Lipinski definition) is 0. The second kappa shape index (κ2) is 9.70. The summed E-state index contributed by atoms with van der Waals surface area (Å²) in [5.74, 6) is 1.03. The Hall–Kier alpha value is -3.92. The first-order valence-electron chi connectivity index (χ1n) is 10.1. The number of benzene rings is 2. The van der Waals surface area contributed by atoms with E-state index in [2.05, 4.69) is 9.97 Å². The van der Waals surface area contributed by atoms with Gasteiger partial charge in [0.05, 0.1) is 12.0 Å². The van der Waals surface area contributed by atoms with E-state index in [4.69, 9.17) is 21.1 Å². The van der Waals surface area contributed by atoms with E-state index < -0.39 is 4.92 Å². The van der Waals surface area contributed by atoms with Crippen molar-refractivity contribution in [3.8, 4) is 17.2 Å². The molecule has 1 aliphatic heterocycles. The number of methoxy groups -OCH3 is 1. The van der Waals surface area contributed by atoms with Gasteiger partial charge in [-0.2, -0.15) is 0 Å². The fraction of sp³-hybridized carbons (Fsp3) is 0.227. The zero-order chi connectivity index (χ0) is 23.4. The van der Waals surface area contributed by atoms with Crippen LogP contribution in [0.15, 0.2) is 54.9 Å². The predicted molar refractivity (Wildman–Crippen MR) is 121 cm³/mol. The molecule has 170 valence electrons. The van der Waals surface area contributed by atoms with Crippen LogP contribution in [0, 0.1) is 10.1 Å². The number of ether oxygens (including phenoxy) is 2. The number of carbonyl (C=O) groups excluding carboxylic acids is 1. The summed E-state index contributed by atoms with van der Waals surface area (Å²) in [4.78, 5) is 36.1. The topological polar surface area (TPSA) is 111 Å². The van der Waals surface area contributed by atoms with Crippen molar-refractivity contribution in [3.63, 3.8) is 0 Å². The third-order valence-corrected chi connectivity index (χ3v) is 5.39. The molecule has 0 spiro atoms. The molecule has 2 heterocycles. The Kier molecular flexibility index (Phi) is 6.55. The Morgan fingerprint density at radius 3 is 2.39 bits per heavy atom. The van der Waals surface area contributed by atoms with Crippen molar-refractivity contribution in [2.24, 2.45) is 0 Å². The van der Waals surface area contributed by atoms with Crippen LogP contribution < -0.4 is 14.4 Å². The Morgan fingerprint density at radius 2 is 1.73 bits per heavy atom. The van der Waals surface area contributed by atoms with Crippen molar-refractivity contribution in [3.05, 3.63) is 75.6 Å². The molecule has 0 aliphatic carbocycles. The number of aromatic nitrogens is 2. The van der Waals surface area contributed by atoms with Crippen LogP contribution in [0.1, 0.15) is 10.4 Å². The number of anilines is 1. The van der Waals surface area contributed by atoms with Gasteiger partial charge in [-0.05, 0) is 36.4 Å². The predicted octanol–water partition coefficient (Wildman–Crippen LogP) is 3.80. The Labute approximate surface area is 194 Å². The maximum Gasteiger partial charge on any atom is 0.313 e. The van der Waals surface area contributed by atoms with Crippen molar-refractivity contribution < 1.29 is 19.2 Å². The number of piperazine rings is 1. The maximum absolute atomic E-state index is 13.0. The number of rotatable bonds is 6. The van der Waals surface area contributed by atoms with Crippen molar-refractivity contribution in [1.29, 1.82) is 0 Å². The molecule has 0 atom stereocenters. The second-order valence-corrected chi connectivity index (χ2v) is 7.60. The number of halogens is 1. The monoisotopic (exact) mass is 469 g/mol. The molecule has 1 saturated heterocycles. The van der Waals surface area contributed by atoms with Crippen LogP contribution in [0.5, 0.6) is 17.2 Å². The van der Waals surface area contributed by atoms with Gasteiger partial charge in [0.1, 0.15) is 0 Å². The molecular formula is C22H20ClN5O5. The summed E-state index contributed by atoms with van der Waals surface area (Å²) in [5.41, 5.74) is 0.152. The molecule has 1 aromatic heterocycles. The summed E-state index contributed by atoms with van der Waals surface area (Å²) in [5, 5.41) is 11.5. The molecule has 0 N–H and O–H groups in total. The summed E-state index contributed by atoms with van der Waals surface area (Å²) in [6.45, 7) is 2.28. The second-order valence-electron chi connectivity index (χ2n) is 7.16. The van der Waals surface area contributed by atoms with Gasteiger partial charge in [-0.1, -0.05) is 11.6 Å². The van der Waals surface area contributed by atoms with Crippen LogP contribution in [0.2, 0.25) is 5.02 Å². The van der Waals surface area contributed by atoms with Gasteiger partial charge in [0.25, 0.3) is 5.91 Å². The zero-order valence-electron chi connectivity index (χ0n) is 17.7. The van der Waals surface area contributed by atoms with E-state index in [9.17, 15) is 14.9 Å². The minimum absolute atomic E-state index is 0.0148. The van der Waals surface area contributed by atoms with E-state index in [1.54, 1.807) is 41.6 Å². The lowest BCUT2D eigenvalue weighted by molar-refractivity contribution is -0.385. The normalized spacial score (nSPS) is 13.5. The van der Waals surface area contributed by atoms with Crippen LogP contribution in [-0.4, -0.2) is 59.0 Å². The molecule has 1 aliphatic rings. The first-order chi connectivity index (χ1) is 16.0. The lowest BCUT2D eigenvalue weighted by atomic mass is 10.1. The minimum atomic E-state index is -0.578. The van der Waals surface area contributed by atoms with Crippen molar-refractivity contribution >= 4 is 29.1 Å². The molecule has 3 aromatic rings. The number of nitro groups is 1. The standard InChI is InChI=1S/C22H20ClN5O5/c1-32-20-13-15(3-5-19(20)33-18-6-4-16(23)14-17(18)28(30)31)21(29)26-9-11-27(12-10-26)22-24-7-2-8-25-22/h2-8,13-14H,9-12H2,1H3. The molecule has 1 amide bonds. The molecule has 0 unspecified atom stereocenters. The van der Waals surface area contributed by atoms with Gasteiger partial charge in [0.15, 0.2) is 11.5 Å². The third kappa shape index (κ3) is 4.96. The van der Waals surface area contributed by atoms with Crippen molar-refractivity contribution in [2.45, 2.75) is 0 Å². The van der Waals surface area contributed by atoms with Crippen LogP contribution in [-0.2, 0) is 0 Å². The van der Waals surface area contributed by atoms with Crippen LogP contribution in [0.25, 0.3) is 0 Å². The Balaban J connectivity index is 1.48. The third-order valence-electron chi connectivity index (χ3n) is 5.15. The fourth-order valence-corrected chi connectivity index (χ4v) is 3.64. The van der Waals surface area contributed by atoms with E-state index in [1.165, 1.54) is 25.3 Å². The van der Waals surface area contributed by atoms with Crippen LogP contribution in [0.4, 0.5) is 11.6 Å². The highest BCUT2D eigenvalue weighted by Gasteiger charge is 2.25. The first-order valence-corrected chi connectivity index (χ1v) is 10.4. The van der Waals surface area contributed by atoms with E-state index in [1.807, 2.05) is 4.90 Å². The number of nitrogens with zero attached hydrogens (tertiary/aromatic N) is 5. The van der Waals surface area contributed by atoms with Gasteiger partial charge in [-0.15, -0.1) is 0 Å². The van der Waals surface area contributed by atoms with Gasteiger partial charge >= 0.3 is 5.69 Å².